The van der Waals surface area contributed by atoms with Crippen molar-refractivity contribution in [3.05, 3.63) is 48.4 Å². The van der Waals surface area contributed by atoms with Crippen LogP contribution in [0.3, 0.4) is 0 Å². The van der Waals surface area contributed by atoms with Crippen molar-refractivity contribution < 1.29 is 21.8 Å². The number of aromatic nitrogens is 1. The monoisotopic (exact) mass is 367 g/mol. The highest BCUT2D eigenvalue weighted by atomic mass is 32.2. The Kier molecular flexibility index (Phi) is 5.22. The largest absolute Gasteiger partial charge is 0.441 e. The van der Waals surface area contributed by atoms with E-state index in [1.165, 1.54) is 0 Å². The van der Waals surface area contributed by atoms with Gasteiger partial charge in [-0.25, -0.2) is 4.98 Å². The van der Waals surface area contributed by atoms with Crippen molar-refractivity contribution in [3.63, 3.8) is 0 Å². The maximum Gasteiger partial charge on any atom is 0.389 e. The average molecular weight is 367 g/mol. The van der Waals surface area contributed by atoms with Crippen LogP contribution in [0.2, 0.25) is 0 Å². The number of nitrogens with zero attached hydrogens (tertiary/aromatic N) is 1. The molecule has 0 fully saturated rings. The van der Waals surface area contributed by atoms with E-state index in [1.807, 2.05) is 36.4 Å². The summed E-state index contributed by atoms with van der Waals surface area (Å²) in [5, 5.41) is 0. The topological polar surface area (TPSA) is 35.3 Å². The highest BCUT2D eigenvalue weighted by molar-refractivity contribution is 7.95. The number of alkyl halides is 3. The summed E-state index contributed by atoms with van der Waals surface area (Å²) in [5.41, 5.74) is 3.31. The molecule has 7 heteroatoms. The first-order valence-corrected chi connectivity index (χ1v) is 8.66. The summed E-state index contributed by atoms with van der Waals surface area (Å²) < 4.78 is 47.4. The molecule has 0 saturated heterocycles. The van der Waals surface area contributed by atoms with E-state index in [-0.39, 0.29) is 12.2 Å². The van der Waals surface area contributed by atoms with Crippen molar-refractivity contribution in [1.29, 1.82) is 0 Å². The number of benzene rings is 2. The van der Waals surface area contributed by atoms with Crippen LogP contribution in [0, 0.1) is 6.92 Å². The van der Waals surface area contributed by atoms with Gasteiger partial charge in [0, 0.05) is 24.7 Å². The molecule has 0 saturated carbocycles. The van der Waals surface area contributed by atoms with Gasteiger partial charge in [0.05, 0.1) is 12.0 Å². The molecule has 1 aromatic heterocycles. The summed E-state index contributed by atoms with van der Waals surface area (Å²) in [6.45, 7) is 1.79. The quantitative estimate of drug-likeness (QED) is 0.385. The van der Waals surface area contributed by atoms with E-state index in [0.29, 0.717) is 17.2 Å². The van der Waals surface area contributed by atoms with E-state index in [1.54, 1.807) is 13.0 Å². The van der Waals surface area contributed by atoms with E-state index in [9.17, 15) is 13.2 Å². The van der Waals surface area contributed by atoms with Crippen molar-refractivity contribution in [1.82, 2.24) is 4.98 Å². The van der Waals surface area contributed by atoms with E-state index < -0.39 is 12.6 Å². The average Bonchev–Trinajstić information content (AvgIpc) is 2.94. The van der Waals surface area contributed by atoms with E-state index >= 15 is 0 Å². The molecular formula is C18H16F3NO2S. The third kappa shape index (κ3) is 4.69. The summed E-state index contributed by atoms with van der Waals surface area (Å²) in [7, 11) is 0. The molecule has 0 atom stereocenters. The van der Waals surface area contributed by atoms with Gasteiger partial charge in [0.1, 0.15) is 11.3 Å². The first-order valence-electron chi connectivity index (χ1n) is 7.75. The van der Waals surface area contributed by atoms with Gasteiger partial charge in [0.15, 0.2) is 11.5 Å². The molecule has 0 spiro atoms. The summed E-state index contributed by atoms with van der Waals surface area (Å²) in [5.74, 6) is 1.46. The van der Waals surface area contributed by atoms with Crippen molar-refractivity contribution in [2.24, 2.45) is 0 Å². The number of oxazole rings is 1. The number of fused-ring (bicyclic) bond motifs is 1. The second-order valence-electron chi connectivity index (χ2n) is 5.54. The second-order valence-corrected chi connectivity index (χ2v) is 6.35. The number of hydrogen-bond acceptors (Lipinski definition) is 4. The Morgan fingerprint density at radius 1 is 1.16 bits per heavy atom. The van der Waals surface area contributed by atoms with Gasteiger partial charge in [-0.3, -0.25) is 0 Å². The first-order chi connectivity index (χ1) is 11.9. The third-order valence-corrected chi connectivity index (χ3v) is 4.28. The number of rotatable bonds is 6. The van der Waals surface area contributed by atoms with Crippen LogP contribution in [0.1, 0.15) is 18.7 Å². The fourth-order valence-corrected chi connectivity index (χ4v) is 3.03. The van der Waals surface area contributed by atoms with Crippen LogP contribution in [-0.2, 0) is 0 Å². The Bertz CT molecular complexity index is 861. The molecule has 0 bridgehead atoms. The zero-order valence-electron chi connectivity index (χ0n) is 13.5. The predicted octanol–water partition coefficient (Wildman–Crippen LogP) is 6.17. The highest BCUT2D eigenvalue weighted by Gasteiger charge is 2.25. The molecule has 0 unspecified atom stereocenters. The third-order valence-electron chi connectivity index (χ3n) is 3.51. The van der Waals surface area contributed by atoms with Crippen LogP contribution in [0.4, 0.5) is 13.2 Å². The summed E-state index contributed by atoms with van der Waals surface area (Å²) in [6.07, 6.45) is -4.88. The lowest BCUT2D eigenvalue weighted by Crippen LogP contribution is -2.07. The zero-order valence-corrected chi connectivity index (χ0v) is 14.3. The lowest BCUT2D eigenvalue weighted by Gasteiger charge is -2.08. The fourth-order valence-electron chi connectivity index (χ4n) is 2.45. The standard InChI is InChI=1S/C18H16F3NO2S/c1-12-22-17-15(7-3-8-16(17)23-12)13-5-2-6-14(11-13)24-25-10-4-9-18(19,20)21/h2-3,5-8,11H,4,9-10H2,1H3. The van der Waals surface area contributed by atoms with Crippen molar-refractivity contribution >= 4 is 23.1 Å². The van der Waals surface area contributed by atoms with Crippen LogP contribution in [-0.4, -0.2) is 16.9 Å². The minimum absolute atomic E-state index is 0.0331. The molecule has 3 aromatic rings. The maximum absolute atomic E-state index is 12.1. The fraction of sp³-hybridized carbons (Fsp3) is 0.278. The maximum atomic E-state index is 12.1. The first kappa shape index (κ1) is 17.7. The molecule has 3 nitrogen and oxygen atoms in total. The van der Waals surface area contributed by atoms with Crippen LogP contribution in [0.5, 0.6) is 5.75 Å². The molecule has 2 aromatic carbocycles. The zero-order chi connectivity index (χ0) is 17.9. The van der Waals surface area contributed by atoms with Gasteiger partial charge in [0.25, 0.3) is 0 Å². The number of halogens is 3. The van der Waals surface area contributed by atoms with Crippen molar-refractivity contribution in [2.75, 3.05) is 5.75 Å². The lowest BCUT2D eigenvalue weighted by molar-refractivity contribution is -0.134. The lowest BCUT2D eigenvalue weighted by atomic mass is 10.0. The minimum atomic E-state index is -4.12. The molecule has 3 rings (SSSR count). The van der Waals surface area contributed by atoms with Gasteiger partial charge in [0.2, 0.25) is 0 Å². The Balaban J connectivity index is 1.69. The summed E-state index contributed by atoms with van der Waals surface area (Å²) >= 11 is 1.02. The number of aryl methyl sites for hydroxylation is 1. The van der Waals surface area contributed by atoms with Crippen LogP contribution < -0.4 is 4.18 Å². The Morgan fingerprint density at radius 3 is 2.76 bits per heavy atom. The molecule has 0 N–H and O–H groups in total. The second kappa shape index (κ2) is 7.39. The molecule has 1 heterocycles. The number of para-hydroxylation sites is 1. The molecule has 0 aliphatic heterocycles. The molecule has 25 heavy (non-hydrogen) atoms. The van der Waals surface area contributed by atoms with Crippen LogP contribution in [0.15, 0.2) is 46.9 Å². The van der Waals surface area contributed by atoms with Gasteiger partial charge in [-0.05, 0) is 30.2 Å². The smallest absolute Gasteiger partial charge is 0.389 e. The molecule has 0 radical (unpaired) electrons. The van der Waals surface area contributed by atoms with E-state index in [2.05, 4.69) is 4.98 Å². The molecule has 0 aliphatic rings. The van der Waals surface area contributed by atoms with Crippen molar-refractivity contribution in [3.8, 4) is 16.9 Å². The Labute approximate surface area is 147 Å². The van der Waals surface area contributed by atoms with Gasteiger partial charge in [-0.15, -0.1) is 0 Å². The highest BCUT2D eigenvalue weighted by Crippen LogP contribution is 2.31. The van der Waals surface area contributed by atoms with Gasteiger partial charge >= 0.3 is 6.18 Å². The van der Waals surface area contributed by atoms with Gasteiger partial charge in [-0.1, -0.05) is 24.3 Å². The van der Waals surface area contributed by atoms with E-state index in [4.69, 9.17) is 8.60 Å². The number of hydrogen-bond donors (Lipinski definition) is 0. The van der Waals surface area contributed by atoms with Gasteiger partial charge in [-0.2, -0.15) is 13.2 Å². The van der Waals surface area contributed by atoms with E-state index in [0.717, 1.165) is 28.7 Å². The minimum Gasteiger partial charge on any atom is -0.441 e. The Hall–Kier alpha value is -2.15. The molecule has 0 amide bonds. The van der Waals surface area contributed by atoms with Gasteiger partial charge < -0.3 is 8.60 Å². The van der Waals surface area contributed by atoms with Crippen LogP contribution >= 0.6 is 12.0 Å². The normalized spacial score (nSPS) is 11.8. The summed E-state index contributed by atoms with van der Waals surface area (Å²) in [4.78, 5) is 4.41. The molecule has 132 valence electrons. The van der Waals surface area contributed by atoms with Crippen molar-refractivity contribution in [2.45, 2.75) is 25.9 Å². The molecular weight excluding hydrogens is 351 g/mol. The SMILES string of the molecule is Cc1nc2c(-c3cccc(OSCCCC(F)(F)F)c3)cccc2o1. The summed E-state index contributed by atoms with van der Waals surface area (Å²) in [6, 6.07) is 13.1. The molecule has 0 aliphatic carbocycles. The van der Waals surface area contributed by atoms with Crippen LogP contribution in [0.25, 0.3) is 22.2 Å². The Morgan fingerprint density at radius 2 is 1.96 bits per heavy atom. The predicted molar refractivity (Wildman–Crippen MR) is 92.6 cm³/mol.